The van der Waals surface area contributed by atoms with Crippen LogP contribution in [-0.2, 0) is 4.79 Å². The molecule has 0 saturated carbocycles. The predicted octanol–water partition coefficient (Wildman–Crippen LogP) is 3.39. The second-order valence-electron chi connectivity index (χ2n) is 5.38. The van der Waals surface area contributed by atoms with E-state index in [4.69, 9.17) is 11.5 Å². The van der Waals surface area contributed by atoms with Crippen LogP contribution in [0.3, 0.4) is 0 Å². The van der Waals surface area contributed by atoms with Crippen molar-refractivity contribution in [3.8, 4) is 0 Å². The molecule has 0 spiro atoms. The lowest BCUT2D eigenvalue weighted by Gasteiger charge is -2.04. The summed E-state index contributed by atoms with van der Waals surface area (Å²) < 4.78 is 0. The van der Waals surface area contributed by atoms with Gasteiger partial charge in [-0.2, -0.15) is 0 Å². The number of carbonyl (C=O) groups excluding carboxylic acids is 1. The fraction of sp³-hybridized carbons (Fsp3) is 0.0476. The molecule has 0 aliphatic rings. The second kappa shape index (κ2) is 10.3. The quantitative estimate of drug-likeness (QED) is 0.310. The molecule has 0 radical (unpaired) electrons. The van der Waals surface area contributed by atoms with Crippen LogP contribution in [0.2, 0.25) is 0 Å². The summed E-state index contributed by atoms with van der Waals surface area (Å²) in [6, 6.07) is 17.0. The Morgan fingerprint density at radius 1 is 1.04 bits per heavy atom. The zero-order chi connectivity index (χ0) is 18.6. The van der Waals surface area contributed by atoms with Gasteiger partial charge in [0.25, 0.3) is 0 Å². The van der Waals surface area contributed by atoms with E-state index in [0.717, 1.165) is 5.56 Å². The van der Waals surface area contributed by atoms with Gasteiger partial charge < -0.3 is 16.8 Å². The van der Waals surface area contributed by atoms with Gasteiger partial charge >= 0.3 is 0 Å². The molecule has 0 aromatic heterocycles. The van der Waals surface area contributed by atoms with Crippen LogP contribution >= 0.6 is 0 Å². The van der Waals surface area contributed by atoms with Gasteiger partial charge in [0.1, 0.15) is 0 Å². The molecule has 2 aromatic carbocycles. The fourth-order valence-corrected chi connectivity index (χ4v) is 2.07. The molecule has 5 N–H and O–H groups in total. The Morgan fingerprint density at radius 2 is 1.77 bits per heavy atom. The van der Waals surface area contributed by atoms with Crippen molar-refractivity contribution < 1.29 is 4.79 Å². The maximum Gasteiger partial charge on any atom is 0.248 e. The lowest BCUT2D eigenvalue weighted by molar-refractivity contribution is -0.111. The first-order valence-corrected chi connectivity index (χ1v) is 8.16. The van der Waals surface area contributed by atoms with Crippen LogP contribution in [0, 0.1) is 0 Å². The summed E-state index contributed by atoms with van der Waals surface area (Å²) in [5.41, 5.74) is 14.2. The molecule has 2 aromatic rings. The minimum Gasteiger partial charge on any atom is -0.404 e. The Morgan fingerprint density at radius 3 is 2.50 bits per heavy atom. The van der Waals surface area contributed by atoms with Crippen LogP contribution in [-0.4, -0.2) is 18.7 Å². The van der Waals surface area contributed by atoms with Gasteiger partial charge in [0.15, 0.2) is 0 Å². The topological polar surface area (TPSA) is 93.5 Å². The zero-order valence-electron chi connectivity index (χ0n) is 14.4. The third kappa shape index (κ3) is 6.49. The molecule has 0 bridgehead atoms. The van der Waals surface area contributed by atoms with Crippen molar-refractivity contribution in [3.05, 3.63) is 90.2 Å². The van der Waals surface area contributed by atoms with E-state index < -0.39 is 0 Å². The smallest absolute Gasteiger partial charge is 0.248 e. The van der Waals surface area contributed by atoms with E-state index in [1.165, 1.54) is 12.3 Å². The summed E-state index contributed by atoms with van der Waals surface area (Å²) in [6.45, 7) is 0.521. The van der Waals surface area contributed by atoms with Crippen molar-refractivity contribution in [2.45, 2.75) is 0 Å². The maximum absolute atomic E-state index is 11.9. The molecule has 0 unspecified atom stereocenters. The predicted molar refractivity (Wildman–Crippen MR) is 110 cm³/mol. The third-order valence-electron chi connectivity index (χ3n) is 3.40. The normalized spacial score (nSPS) is 12.2. The Balaban J connectivity index is 1.84. The van der Waals surface area contributed by atoms with Gasteiger partial charge in [-0.05, 0) is 23.8 Å². The van der Waals surface area contributed by atoms with Crippen LogP contribution in [0.15, 0.2) is 89.6 Å². The Kier molecular flexibility index (Phi) is 7.42. The fourth-order valence-electron chi connectivity index (χ4n) is 2.07. The summed E-state index contributed by atoms with van der Waals surface area (Å²) in [7, 11) is 0. The molecule has 5 nitrogen and oxygen atoms in total. The first-order valence-electron chi connectivity index (χ1n) is 8.16. The van der Waals surface area contributed by atoms with Crippen molar-refractivity contribution in [2.75, 3.05) is 17.6 Å². The van der Waals surface area contributed by atoms with Crippen molar-refractivity contribution >= 4 is 29.6 Å². The molecule has 0 heterocycles. The molecular weight excluding hydrogens is 324 g/mol. The highest BCUT2D eigenvalue weighted by molar-refractivity contribution is 6.02. The molecule has 0 atom stereocenters. The summed E-state index contributed by atoms with van der Waals surface area (Å²) >= 11 is 0. The number of carbonyl (C=O) groups is 1. The van der Waals surface area contributed by atoms with Gasteiger partial charge in [-0.1, -0.05) is 54.6 Å². The highest BCUT2D eigenvalue weighted by Gasteiger charge is 2.00. The van der Waals surface area contributed by atoms with E-state index in [2.05, 4.69) is 10.3 Å². The summed E-state index contributed by atoms with van der Waals surface area (Å²) in [6.07, 6.45) is 9.95. The number of nitrogens with two attached hydrogens (primary N) is 2. The van der Waals surface area contributed by atoms with Crippen molar-refractivity contribution in [1.29, 1.82) is 0 Å². The summed E-state index contributed by atoms with van der Waals surface area (Å²) in [4.78, 5) is 16.2. The molecule has 0 saturated heterocycles. The largest absolute Gasteiger partial charge is 0.404 e. The standard InChI is InChI=1S/C21H22N4O/c22-15-18(16-24-14-6-9-17-7-2-1-3-8-17)12-13-21(26)25-20-11-5-4-10-19(20)23/h1-13,15-16H,14,22-23H2,(H,25,26)/b9-6+,13-12+,18-15?,24-16?. The van der Waals surface area contributed by atoms with Gasteiger partial charge in [-0.15, -0.1) is 0 Å². The second-order valence-corrected chi connectivity index (χ2v) is 5.38. The number of nitrogens with zero attached hydrogens (tertiary/aromatic N) is 1. The van der Waals surface area contributed by atoms with E-state index in [-0.39, 0.29) is 5.91 Å². The summed E-state index contributed by atoms with van der Waals surface area (Å²) in [5.74, 6) is -0.292. The van der Waals surface area contributed by atoms with Gasteiger partial charge in [-0.25, -0.2) is 0 Å². The number of nitrogen functional groups attached to an aromatic ring is 1. The first kappa shape index (κ1) is 18.7. The Bertz CT molecular complexity index is 836. The van der Waals surface area contributed by atoms with Crippen LogP contribution in [0.4, 0.5) is 11.4 Å². The monoisotopic (exact) mass is 346 g/mol. The van der Waals surface area contributed by atoms with E-state index in [1.807, 2.05) is 42.5 Å². The molecule has 1 amide bonds. The number of hydrogen-bond acceptors (Lipinski definition) is 4. The molecule has 0 fully saturated rings. The van der Waals surface area contributed by atoms with Gasteiger partial charge in [0, 0.05) is 24.1 Å². The molecule has 5 heteroatoms. The van der Waals surface area contributed by atoms with Crippen LogP contribution in [0.25, 0.3) is 6.08 Å². The molecule has 132 valence electrons. The number of hydrogen-bond donors (Lipinski definition) is 3. The van der Waals surface area contributed by atoms with Gasteiger partial charge in [0.2, 0.25) is 5.91 Å². The molecule has 26 heavy (non-hydrogen) atoms. The van der Waals surface area contributed by atoms with Crippen molar-refractivity contribution in [2.24, 2.45) is 10.7 Å². The molecular formula is C21H22N4O. The van der Waals surface area contributed by atoms with Crippen LogP contribution in [0.1, 0.15) is 5.56 Å². The highest BCUT2D eigenvalue weighted by atomic mass is 16.1. The van der Waals surface area contributed by atoms with Crippen molar-refractivity contribution in [1.82, 2.24) is 0 Å². The lowest BCUT2D eigenvalue weighted by Crippen LogP contribution is -2.09. The number of anilines is 2. The lowest BCUT2D eigenvalue weighted by atomic mass is 10.2. The Labute approximate surface area is 153 Å². The number of aliphatic imine (C=N–C) groups is 1. The SMILES string of the molecule is NC=C(C=NC/C=C/c1ccccc1)/C=C/C(=O)Nc1ccccc1N. The van der Waals surface area contributed by atoms with Crippen molar-refractivity contribution in [3.63, 3.8) is 0 Å². The molecule has 0 aliphatic carbocycles. The average molecular weight is 346 g/mol. The average Bonchev–Trinajstić information content (AvgIpc) is 2.66. The van der Waals surface area contributed by atoms with Gasteiger partial charge in [-0.3, -0.25) is 9.79 Å². The van der Waals surface area contributed by atoms with Gasteiger partial charge in [0.05, 0.1) is 17.9 Å². The number of amides is 1. The number of benzene rings is 2. The minimum atomic E-state index is -0.292. The third-order valence-corrected chi connectivity index (χ3v) is 3.40. The number of allylic oxidation sites excluding steroid dienone is 2. The number of rotatable bonds is 7. The number of nitrogens with one attached hydrogen (secondary N) is 1. The summed E-state index contributed by atoms with van der Waals surface area (Å²) in [5, 5.41) is 2.71. The minimum absolute atomic E-state index is 0.292. The van der Waals surface area contributed by atoms with E-state index >= 15 is 0 Å². The molecule has 0 aliphatic heterocycles. The number of para-hydroxylation sites is 2. The molecule has 2 rings (SSSR count). The highest BCUT2D eigenvalue weighted by Crippen LogP contribution is 2.16. The van der Waals surface area contributed by atoms with E-state index in [9.17, 15) is 4.79 Å². The van der Waals surface area contributed by atoms with Crippen LogP contribution in [0.5, 0.6) is 0 Å². The zero-order valence-corrected chi connectivity index (χ0v) is 14.4. The van der Waals surface area contributed by atoms with E-state index in [1.54, 1.807) is 36.6 Å². The maximum atomic E-state index is 11.9. The Hall–Kier alpha value is -3.60. The first-order chi connectivity index (χ1) is 12.7. The van der Waals surface area contributed by atoms with E-state index in [0.29, 0.717) is 23.5 Å². The van der Waals surface area contributed by atoms with Crippen LogP contribution < -0.4 is 16.8 Å².